The van der Waals surface area contributed by atoms with Crippen molar-refractivity contribution in [2.45, 2.75) is 13.3 Å². The fourth-order valence-corrected chi connectivity index (χ4v) is 2.37. The van der Waals surface area contributed by atoms with Crippen LogP contribution in [0, 0.1) is 0 Å². The molecule has 0 rings (SSSR count). The van der Waals surface area contributed by atoms with E-state index in [4.69, 9.17) is 0 Å². The summed E-state index contributed by atoms with van der Waals surface area (Å²) in [7, 11) is -5.82. The van der Waals surface area contributed by atoms with Crippen molar-refractivity contribution in [1.82, 2.24) is 5.32 Å². The van der Waals surface area contributed by atoms with Crippen molar-refractivity contribution >= 4 is 19.7 Å². The molecular formula is C8H19NO4S2. The van der Waals surface area contributed by atoms with Gasteiger partial charge in [0.2, 0.25) is 0 Å². The number of sulfone groups is 2. The van der Waals surface area contributed by atoms with Gasteiger partial charge in [0.15, 0.2) is 9.84 Å². The quantitative estimate of drug-likeness (QED) is 0.590. The Morgan fingerprint density at radius 3 is 2.07 bits per heavy atom. The van der Waals surface area contributed by atoms with E-state index < -0.39 is 19.7 Å². The fraction of sp³-hybridized carbons (Fsp3) is 1.00. The Hall–Kier alpha value is -0.140. The van der Waals surface area contributed by atoms with Crippen LogP contribution in [0.5, 0.6) is 0 Å². The molecule has 7 heteroatoms. The second-order valence-electron chi connectivity index (χ2n) is 3.47. The summed E-state index contributed by atoms with van der Waals surface area (Å²) < 4.78 is 43.6. The van der Waals surface area contributed by atoms with Crippen molar-refractivity contribution in [3.8, 4) is 0 Å². The Morgan fingerprint density at radius 2 is 1.60 bits per heavy atom. The molecule has 0 bridgehead atoms. The first-order valence-electron chi connectivity index (χ1n) is 4.86. The lowest BCUT2D eigenvalue weighted by molar-refractivity contribution is 0.586. The molecule has 0 aliphatic heterocycles. The Labute approximate surface area is 92.1 Å². The molecule has 0 aromatic heterocycles. The second-order valence-corrected chi connectivity index (χ2v) is 8.20. The zero-order chi connectivity index (χ0) is 11.9. The lowest BCUT2D eigenvalue weighted by atomic mass is 10.5. The van der Waals surface area contributed by atoms with E-state index in [2.05, 4.69) is 5.32 Å². The van der Waals surface area contributed by atoms with Gasteiger partial charge in [0.1, 0.15) is 9.84 Å². The van der Waals surface area contributed by atoms with Crippen LogP contribution >= 0.6 is 0 Å². The molecule has 0 aromatic rings. The molecule has 0 spiro atoms. The van der Waals surface area contributed by atoms with E-state index >= 15 is 0 Å². The molecule has 5 nitrogen and oxygen atoms in total. The van der Waals surface area contributed by atoms with Crippen molar-refractivity contribution in [2.75, 3.05) is 36.6 Å². The Bertz CT molecular complexity index is 358. The minimum Gasteiger partial charge on any atom is -0.316 e. The summed E-state index contributed by atoms with van der Waals surface area (Å²) in [5.41, 5.74) is 0. The zero-order valence-electron chi connectivity index (χ0n) is 9.19. The number of hydrogen-bond acceptors (Lipinski definition) is 5. The van der Waals surface area contributed by atoms with Gasteiger partial charge in [-0.1, -0.05) is 6.92 Å². The van der Waals surface area contributed by atoms with Gasteiger partial charge in [-0.15, -0.1) is 0 Å². The number of rotatable bonds is 8. The standard InChI is InChI=1S/C8H19NO4S2/c1-3-15(12,13)8-6-9-5-4-7-14(2,10)11/h9H,3-8H2,1-2H3. The summed E-state index contributed by atoms with van der Waals surface area (Å²) in [6.45, 7) is 2.53. The lowest BCUT2D eigenvalue weighted by Crippen LogP contribution is -2.25. The smallest absolute Gasteiger partial charge is 0.151 e. The summed E-state index contributed by atoms with van der Waals surface area (Å²) in [5.74, 6) is 0.404. The van der Waals surface area contributed by atoms with Gasteiger partial charge in [-0.05, 0) is 13.0 Å². The first-order chi connectivity index (χ1) is 6.77. The minimum absolute atomic E-state index is 0.113. The maximum atomic E-state index is 11.1. The van der Waals surface area contributed by atoms with Crippen LogP contribution in [0.2, 0.25) is 0 Å². The third kappa shape index (κ3) is 10.1. The maximum absolute atomic E-state index is 11.1. The third-order valence-corrected chi connectivity index (χ3v) is 4.63. The van der Waals surface area contributed by atoms with Crippen molar-refractivity contribution in [2.24, 2.45) is 0 Å². The number of nitrogens with one attached hydrogen (secondary N) is 1. The maximum Gasteiger partial charge on any atom is 0.151 e. The van der Waals surface area contributed by atoms with E-state index in [0.29, 0.717) is 19.5 Å². The van der Waals surface area contributed by atoms with Crippen LogP contribution in [0.1, 0.15) is 13.3 Å². The molecule has 0 aromatic carbocycles. The van der Waals surface area contributed by atoms with Crippen LogP contribution in [-0.4, -0.2) is 53.4 Å². The first-order valence-corrected chi connectivity index (χ1v) is 8.74. The summed E-state index contributed by atoms with van der Waals surface area (Å²) >= 11 is 0. The summed E-state index contributed by atoms with van der Waals surface area (Å²) in [6.07, 6.45) is 1.71. The summed E-state index contributed by atoms with van der Waals surface area (Å²) in [6, 6.07) is 0. The molecule has 0 radical (unpaired) electrons. The molecule has 0 heterocycles. The van der Waals surface area contributed by atoms with Crippen LogP contribution in [-0.2, 0) is 19.7 Å². The van der Waals surface area contributed by atoms with Gasteiger partial charge in [-0.25, -0.2) is 16.8 Å². The van der Waals surface area contributed by atoms with E-state index in [1.54, 1.807) is 6.92 Å². The van der Waals surface area contributed by atoms with Gasteiger partial charge in [0.25, 0.3) is 0 Å². The first kappa shape index (κ1) is 14.9. The number of hydrogen-bond donors (Lipinski definition) is 1. The highest BCUT2D eigenvalue weighted by Crippen LogP contribution is 1.89. The van der Waals surface area contributed by atoms with E-state index in [1.807, 2.05) is 0 Å². The molecule has 0 atom stereocenters. The van der Waals surface area contributed by atoms with Gasteiger partial charge in [-0.2, -0.15) is 0 Å². The highest BCUT2D eigenvalue weighted by Gasteiger charge is 2.06. The Morgan fingerprint density at radius 1 is 1.00 bits per heavy atom. The third-order valence-electron chi connectivity index (χ3n) is 1.90. The van der Waals surface area contributed by atoms with Crippen LogP contribution in [0.25, 0.3) is 0 Å². The largest absolute Gasteiger partial charge is 0.316 e. The van der Waals surface area contributed by atoms with E-state index in [1.165, 1.54) is 6.26 Å². The lowest BCUT2D eigenvalue weighted by Gasteiger charge is -2.04. The normalized spacial score (nSPS) is 12.9. The average molecular weight is 257 g/mol. The van der Waals surface area contributed by atoms with Crippen LogP contribution in [0.3, 0.4) is 0 Å². The molecule has 0 unspecified atom stereocenters. The van der Waals surface area contributed by atoms with Gasteiger partial charge in [0, 0.05) is 18.6 Å². The molecule has 15 heavy (non-hydrogen) atoms. The Kier molecular flexibility index (Phi) is 6.38. The monoisotopic (exact) mass is 257 g/mol. The molecule has 1 N–H and O–H groups in total. The zero-order valence-corrected chi connectivity index (χ0v) is 10.8. The van der Waals surface area contributed by atoms with E-state index in [9.17, 15) is 16.8 Å². The van der Waals surface area contributed by atoms with E-state index in [0.717, 1.165) is 0 Å². The molecular weight excluding hydrogens is 238 g/mol. The average Bonchev–Trinajstić information content (AvgIpc) is 2.09. The molecule has 92 valence electrons. The molecule has 0 aliphatic rings. The Balaban J connectivity index is 3.50. The highest BCUT2D eigenvalue weighted by molar-refractivity contribution is 7.91. The topological polar surface area (TPSA) is 80.3 Å². The van der Waals surface area contributed by atoms with Gasteiger partial charge < -0.3 is 5.32 Å². The van der Waals surface area contributed by atoms with Crippen LogP contribution in [0.15, 0.2) is 0 Å². The minimum atomic E-state index is -2.92. The summed E-state index contributed by atoms with van der Waals surface area (Å²) in [5, 5.41) is 2.90. The highest BCUT2D eigenvalue weighted by atomic mass is 32.2. The van der Waals surface area contributed by atoms with Crippen LogP contribution in [0.4, 0.5) is 0 Å². The second kappa shape index (κ2) is 6.44. The van der Waals surface area contributed by atoms with Gasteiger partial charge in [-0.3, -0.25) is 0 Å². The van der Waals surface area contributed by atoms with Crippen molar-refractivity contribution < 1.29 is 16.8 Å². The molecule has 0 saturated heterocycles. The molecule has 0 aliphatic carbocycles. The SMILES string of the molecule is CCS(=O)(=O)CCNCCCS(C)(=O)=O. The molecule has 0 amide bonds. The predicted octanol–water partition coefficient (Wildman–Crippen LogP) is -0.555. The fourth-order valence-electron chi connectivity index (χ4n) is 0.956. The van der Waals surface area contributed by atoms with Gasteiger partial charge >= 0.3 is 0 Å². The van der Waals surface area contributed by atoms with Crippen molar-refractivity contribution in [3.05, 3.63) is 0 Å². The van der Waals surface area contributed by atoms with Crippen molar-refractivity contribution in [1.29, 1.82) is 0 Å². The molecule has 0 saturated carbocycles. The van der Waals surface area contributed by atoms with Gasteiger partial charge in [0.05, 0.1) is 11.5 Å². The molecule has 0 fully saturated rings. The van der Waals surface area contributed by atoms with Crippen molar-refractivity contribution in [3.63, 3.8) is 0 Å². The van der Waals surface area contributed by atoms with E-state index in [-0.39, 0.29) is 17.3 Å². The summed E-state index contributed by atoms with van der Waals surface area (Å²) in [4.78, 5) is 0. The predicted molar refractivity (Wildman–Crippen MR) is 61.5 cm³/mol. The van der Waals surface area contributed by atoms with Crippen LogP contribution < -0.4 is 5.32 Å².